The fraction of sp³-hybridized carbons (Fsp3) is 0.111. The van der Waals surface area contributed by atoms with E-state index in [1.54, 1.807) is 12.4 Å². The monoisotopic (exact) mass is 319 g/mol. The van der Waals surface area contributed by atoms with Crippen molar-refractivity contribution in [3.05, 3.63) is 77.9 Å². The van der Waals surface area contributed by atoms with Crippen LogP contribution in [0, 0.1) is 0 Å². The summed E-state index contributed by atoms with van der Waals surface area (Å²) >= 11 is 0. The Morgan fingerprint density at radius 3 is 2.71 bits per heavy atom. The Labute approximate surface area is 139 Å². The molecule has 1 atom stereocenters. The Kier molecular flexibility index (Phi) is 3.42. The van der Waals surface area contributed by atoms with E-state index in [0.717, 1.165) is 22.6 Å². The lowest BCUT2D eigenvalue weighted by Crippen LogP contribution is -2.38. The third-order valence-electron chi connectivity index (χ3n) is 4.04. The number of fused-ring (bicyclic) bond motifs is 1. The highest BCUT2D eigenvalue weighted by molar-refractivity contribution is 6.01. The zero-order valence-electron chi connectivity index (χ0n) is 12.9. The summed E-state index contributed by atoms with van der Waals surface area (Å²) in [5, 5.41) is 6.24. The molecule has 1 amide bonds. The second-order valence-corrected chi connectivity index (χ2v) is 5.81. The molecule has 1 aliphatic rings. The van der Waals surface area contributed by atoms with Crippen molar-refractivity contribution in [2.75, 3.05) is 11.1 Å². The van der Waals surface area contributed by atoms with E-state index in [2.05, 4.69) is 15.6 Å². The third kappa shape index (κ3) is 2.69. The smallest absolute Gasteiger partial charge is 0.255 e. The van der Waals surface area contributed by atoms with E-state index < -0.39 is 0 Å². The van der Waals surface area contributed by atoms with Crippen LogP contribution in [0.15, 0.2) is 61.1 Å². The Bertz CT molecular complexity index is 884. The highest BCUT2D eigenvalue weighted by Gasteiger charge is 2.25. The van der Waals surface area contributed by atoms with Crippen LogP contribution in [-0.2, 0) is 6.54 Å². The number of nitrogens with two attached hydrogens (primary N) is 1. The first-order valence-electron chi connectivity index (χ1n) is 7.71. The van der Waals surface area contributed by atoms with Gasteiger partial charge in [-0.2, -0.15) is 0 Å². The molecule has 1 aromatic heterocycles. The van der Waals surface area contributed by atoms with Gasteiger partial charge in [-0.05, 0) is 29.8 Å². The van der Waals surface area contributed by atoms with Gasteiger partial charge in [-0.25, -0.2) is 4.98 Å². The maximum atomic E-state index is 12.2. The van der Waals surface area contributed by atoms with Gasteiger partial charge in [0.05, 0.1) is 11.9 Å². The molecular formula is C18H17N5O. The maximum absolute atomic E-state index is 12.2. The van der Waals surface area contributed by atoms with Crippen LogP contribution < -0.4 is 16.4 Å². The van der Waals surface area contributed by atoms with Gasteiger partial charge in [0, 0.05) is 24.1 Å². The molecule has 2 heterocycles. The highest BCUT2D eigenvalue weighted by atomic mass is 16.2. The minimum absolute atomic E-state index is 0.0950. The quantitative estimate of drug-likeness (QED) is 0.647. The molecule has 4 rings (SSSR count). The summed E-state index contributed by atoms with van der Waals surface area (Å²) in [6.45, 7) is 0.699. The van der Waals surface area contributed by atoms with Crippen LogP contribution in [-0.4, -0.2) is 15.5 Å². The largest absolute Gasteiger partial charge is 0.399 e. The fourth-order valence-corrected chi connectivity index (χ4v) is 2.80. The molecule has 0 bridgehead atoms. The van der Waals surface area contributed by atoms with Crippen LogP contribution >= 0.6 is 0 Å². The number of carbonyl (C=O) groups is 1. The average Bonchev–Trinajstić information content (AvgIpc) is 3.05. The third-order valence-corrected chi connectivity index (χ3v) is 4.04. The number of hydrogen-bond donors (Lipinski definition) is 3. The first-order valence-corrected chi connectivity index (χ1v) is 7.71. The maximum Gasteiger partial charge on any atom is 0.255 e. The molecule has 0 saturated heterocycles. The van der Waals surface area contributed by atoms with E-state index in [0.29, 0.717) is 12.1 Å². The zero-order chi connectivity index (χ0) is 16.5. The molecule has 120 valence electrons. The molecule has 0 spiro atoms. The van der Waals surface area contributed by atoms with Crippen LogP contribution in [0.4, 0.5) is 11.4 Å². The van der Waals surface area contributed by atoms with E-state index in [9.17, 15) is 4.79 Å². The van der Waals surface area contributed by atoms with Gasteiger partial charge < -0.3 is 20.9 Å². The van der Waals surface area contributed by atoms with Crippen LogP contribution in [0.5, 0.6) is 0 Å². The molecule has 4 N–H and O–H groups in total. The number of nitrogen functional groups attached to an aromatic ring is 1. The number of aromatic nitrogens is 2. The normalized spacial score (nSPS) is 16.2. The van der Waals surface area contributed by atoms with Gasteiger partial charge in [0.25, 0.3) is 5.91 Å². The van der Waals surface area contributed by atoms with Crippen LogP contribution in [0.3, 0.4) is 0 Å². The molecule has 0 radical (unpaired) electrons. The molecule has 2 aromatic carbocycles. The molecule has 6 nitrogen and oxygen atoms in total. The van der Waals surface area contributed by atoms with E-state index in [1.165, 1.54) is 0 Å². The minimum Gasteiger partial charge on any atom is -0.399 e. The number of carbonyl (C=O) groups excluding carboxylic acids is 1. The van der Waals surface area contributed by atoms with Crippen molar-refractivity contribution >= 4 is 17.3 Å². The zero-order valence-corrected chi connectivity index (χ0v) is 12.9. The van der Waals surface area contributed by atoms with Gasteiger partial charge in [-0.3, -0.25) is 4.79 Å². The van der Waals surface area contributed by atoms with Crippen molar-refractivity contribution in [1.82, 2.24) is 14.9 Å². The van der Waals surface area contributed by atoms with Gasteiger partial charge >= 0.3 is 0 Å². The number of imidazole rings is 1. The standard InChI is InChI=1S/C18H17N5O/c19-13-7-5-12(6-8-13)9-23-10-16(20-11-23)17-21-15-4-2-1-3-14(15)18(24)22-17/h1-8,10-11,17,21H,9,19H2,(H,22,24). The number of hydrogen-bond acceptors (Lipinski definition) is 4. The van der Waals surface area contributed by atoms with E-state index in [-0.39, 0.29) is 12.1 Å². The van der Waals surface area contributed by atoms with Crippen molar-refractivity contribution in [2.24, 2.45) is 0 Å². The molecule has 0 saturated carbocycles. The SMILES string of the molecule is Nc1ccc(Cn2cnc(C3NC(=O)c4ccccc4N3)c2)cc1. The molecule has 24 heavy (non-hydrogen) atoms. The van der Waals surface area contributed by atoms with Crippen molar-refractivity contribution in [2.45, 2.75) is 12.7 Å². The van der Waals surface area contributed by atoms with Crippen molar-refractivity contribution in [3.8, 4) is 0 Å². The van der Waals surface area contributed by atoms with E-state index in [4.69, 9.17) is 5.73 Å². The first kappa shape index (κ1) is 14.3. The number of amides is 1. The lowest BCUT2D eigenvalue weighted by Gasteiger charge is -2.26. The van der Waals surface area contributed by atoms with Crippen LogP contribution in [0.1, 0.15) is 27.8 Å². The summed E-state index contributed by atoms with van der Waals surface area (Å²) in [6.07, 6.45) is 3.36. The lowest BCUT2D eigenvalue weighted by molar-refractivity contribution is 0.0935. The Morgan fingerprint density at radius 2 is 1.88 bits per heavy atom. The topological polar surface area (TPSA) is 85.0 Å². The second kappa shape index (κ2) is 5.73. The molecule has 0 aliphatic carbocycles. The van der Waals surface area contributed by atoms with Crippen molar-refractivity contribution < 1.29 is 4.79 Å². The second-order valence-electron chi connectivity index (χ2n) is 5.81. The number of nitrogens with zero attached hydrogens (tertiary/aromatic N) is 2. The summed E-state index contributed by atoms with van der Waals surface area (Å²) in [5.74, 6) is -0.0950. The number of anilines is 2. The Hall–Kier alpha value is -3.28. The van der Waals surface area contributed by atoms with Gasteiger partial charge in [0.1, 0.15) is 11.9 Å². The molecule has 6 heteroatoms. The van der Waals surface area contributed by atoms with Gasteiger partial charge in [-0.1, -0.05) is 24.3 Å². The Balaban J connectivity index is 1.53. The number of para-hydroxylation sites is 1. The summed E-state index contributed by atoms with van der Waals surface area (Å²) < 4.78 is 1.98. The van der Waals surface area contributed by atoms with E-state index in [1.807, 2.05) is 53.2 Å². The summed E-state index contributed by atoms with van der Waals surface area (Å²) in [6, 6.07) is 15.2. The van der Waals surface area contributed by atoms with Crippen LogP contribution in [0.25, 0.3) is 0 Å². The molecule has 3 aromatic rings. The van der Waals surface area contributed by atoms with Gasteiger partial charge in [0.15, 0.2) is 0 Å². The molecule has 0 fully saturated rings. The van der Waals surface area contributed by atoms with E-state index >= 15 is 0 Å². The fourth-order valence-electron chi connectivity index (χ4n) is 2.80. The lowest BCUT2D eigenvalue weighted by atomic mass is 10.1. The minimum atomic E-state index is -0.333. The summed E-state index contributed by atoms with van der Waals surface area (Å²) in [5.41, 5.74) is 9.83. The predicted molar refractivity (Wildman–Crippen MR) is 92.5 cm³/mol. The molecule has 1 aliphatic heterocycles. The number of nitrogens with one attached hydrogen (secondary N) is 2. The van der Waals surface area contributed by atoms with Gasteiger partial charge in [0.2, 0.25) is 0 Å². The summed E-state index contributed by atoms with van der Waals surface area (Å²) in [4.78, 5) is 16.6. The summed E-state index contributed by atoms with van der Waals surface area (Å²) in [7, 11) is 0. The van der Waals surface area contributed by atoms with Crippen LogP contribution in [0.2, 0.25) is 0 Å². The number of benzene rings is 2. The molecular weight excluding hydrogens is 302 g/mol. The van der Waals surface area contributed by atoms with Gasteiger partial charge in [-0.15, -0.1) is 0 Å². The van der Waals surface area contributed by atoms with Crippen molar-refractivity contribution in [3.63, 3.8) is 0 Å². The molecule has 1 unspecified atom stereocenters. The predicted octanol–water partition coefficient (Wildman–Crippen LogP) is 2.37. The Morgan fingerprint density at radius 1 is 1.08 bits per heavy atom. The highest BCUT2D eigenvalue weighted by Crippen LogP contribution is 2.25. The number of rotatable bonds is 3. The van der Waals surface area contributed by atoms with Crippen molar-refractivity contribution in [1.29, 1.82) is 0 Å². The average molecular weight is 319 g/mol. The first-order chi connectivity index (χ1) is 11.7.